The fourth-order valence-electron chi connectivity index (χ4n) is 1.57. The van der Waals surface area contributed by atoms with E-state index in [1.807, 2.05) is 26.0 Å². The zero-order valence-corrected chi connectivity index (χ0v) is 11.5. The maximum absolute atomic E-state index is 11.5. The Morgan fingerprint density at radius 2 is 2.21 bits per heavy atom. The van der Waals surface area contributed by atoms with Crippen LogP contribution in [-0.4, -0.2) is 18.8 Å². The highest BCUT2D eigenvalue weighted by Crippen LogP contribution is 2.23. The third-order valence-corrected chi connectivity index (χ3v) is 2.51. The van der Waals surface area contributed by atoms with Crippen LogP contribution in [0.4, 0.5) is 10.5 Å². The quantitative estimate of drug-likeness (QED) is 0.828. The van der Waals surface area contributed by atoms with Crippen LogP contribution in [0.2, 0.25) is 0 Å². The van der Waals surface area contributed by atoms with Crippen molar-refractivity contribution in [2.24, 2.45) is 0 Å². The average Bonchev–Trinajstić information content (AvgIpc) is 2.40. The van der Waals surface area contributed by atoms with E-state index in [4.69, 9.17) is 15.9 Å². The molecule has 0 aromatic heterocycles. The average molecular weight is 261 g/mol. The molecule has 1 rings (SSSR count). The Balaban J connectivity index is 2.74. The molecule has 1 N–H and O–H groups in total. The van der Waals surface area contributed by atoms with E-state index in [9.17, 15) is 4.79 Å². The monoisotopic (exact) mass is 261 g/mol. The summed E-state index contributed by atoms with van der Waals surface area (Å²) < 4.78 is 10.4. The molecule has 1 aromatic carbocycles. The van der Waals surface area contributed by atoms with Gasteiger partial charge in [0.1, 0.15) is 5.75 Å². The Hall–Kier alpha value is -2.15. The fourth-order valence-corrected chi connectivity index (χ4v) is 1.57. The van der Waals surface area contributed by atoms with Gasteiger partial charge >= 0.3 is 6.09 Å². The third kappa shape index (κ3) is 4.55. The molecule has 19 heavy (non-hydrogen) atoms. The van der Waals surface area contributed by atoms with Crippen molar-refractivity contribution in [2.45, 2.75) is 33.3 Å². The summed E-state index contributed by atoms with van der Waals surface area (Å²) in [5.41, 5.74) is 1.69. The number of hydrogen-bond donors (Lipinski definition) is 1. The predicted molar refractivity (Wildman–Crippen MR) is 75.4 cm³/mol. The Morgan fingerprint density at radius 3 is 2.79 bits per heavy atom. The van der Waals surface area contributed by atoms with E-state index in [2.05, 4.69) is 11.2 Å². The molecule has 1 amide bonds. The molecule has 0 bridgehead atoms. The van der Waals surface area contributed by atoms with E-state index in [0.29, 0.717) is 12.3 Å². The van der Waals surface area contributed by atoms with E-state index in [1.165, 1.54) is 0 Å². The number of rotatable bonds is 5. The zero-order valence-electron chi connectivity index (χ0n) is 11.5. The van der Waals surface area contributed by atoms with Gasteiger partial charge in [-0.1, -0.05) is 12.8 Å². The lowest BCUT2D eigenvalue weighted by molar-refractivity contribution is 0.145. The minimum Gasteiger partial charge on any atom is -0.494 e. The number of ether oxygens (including phenoxy) is 2. The molecule has 1 atom stereocenters. The Morgan fingerprint density at radius 1 is 1.47 bits per heavy atom. The summed E-state index contributed by atoms with van der Waals surface area (Å²) >= 11 is 0. The van der Waals surface area contributed by atoms with Crippen LogP contribution in [-0.2, 0) is 11.2 Å². The van der Waals surface area contributed by atoms with Gasteiger partial charge in [-0.15, -0.1) is 6.42 Å². The van der Waals surface area contributed by atoms with Crippen molar-refractivity contribution in [2.75, 3.05) is 11.9 Å². The molecule has 0 aliphatic rings. The lowest BCUT2D eigenvalue weighted by Gasteiger charge is -2.12. The molecule has 0 spiro atoms. The Bertz CT molecular complexity index is 477. The van der Waals surface area contributed by atoms with Gasteiger partial charge in [0.25, 0.3) is 0 Å². The molecule has 0 fully saturated rings. The standard InChI is InChI=1S/C15H19NO3/c1-5-11(4)19-15(17)16-13-8-9-14(18-7-3)12(6-2)10-13/h1,8-11H,6-7H2,2-4H3,(H,16,17). The highest BCUT2D eigenvalue weighted by atomic mass is 16.6. The van der Waals surface area contributed by atoms with Gasteiger partial charge in [0.2, 0.25) is 0 Å². The third-order valence-electron chi connectivity index (χ3n) is 2.51. The smallest absolute Gasteiger partial charge is 0.412 e. The summed E-state index contributed by atoms with van der Waals surface area (Å²) in [6.45, 7) is 6.21. The van der Waals surface area contributed by atoms with Crippen molar-refractivity contribution < 1.29 is 14.3 Å². The van der Waals surface area contributed by atoms with E-state index in [1.54, 1.807) is 13.0 Å². The SMILES string of the molecule is C#CC(C)OC(=O)Nc1ccc(OCC)c(CC)c1. The summed E-state index contributed by atoms with van der Waals surface area (Å²) in [5, 5.41) is 2.64. The van der Waals surface area contributed by atoms with Gasteiger partial charge in [0.05, 0.1) is 6.61 Å². The second-order valence-corrected chi connectivity index (χ2v) is 3.95. The van der Waals surface area contributed by atoms with E-state index < -0.39 is 12.2 Å². The van der Waals surface area contributed by atoms with Gasteiger partial charge in [0, 0.05) is 5.69 Å². The van der Waals surface area contributed by atoms with Gasteiger partial charge in [-0.3, -0.25) is 5.32 Å². The molecule has 102 valence electrons. The predicted octanol–water partition coefficient (Wildman–Crippen LogP) is 3.22. The summed E-state index contributed by atoms with van der Waals surface area (Å²) in [7, 11) is 0. The van der Waals surface area contributed by atoms with Crippen LogP contribution in [0.3, 0.4) is 0 Å². The number of carbonyl (C=O) groups is 1. The van der Waals surface area contributed by atoms with E-state index in [0.717, 1.165) is 17.7 Å². The lowest BCUT2D eigenvalue weighted by atomic mass is 10.1. The topological polar surface area (TPSA) is 47.6 Å². The molecule has 1 unspecified atom stereocenters. The number of aryl methyl sites for hydroxylation is 1. The first-order valence-electron chi connectivity index (χ1n) is 6.30. The second-order valence-electron chi connectivity index (χ2n) is 3.95. The lowest BCUT2D eigenvalue weighted by Crippen LogP contribution is -2.19. The molecule has 0 radical (unpaired) electrons. The summed E-state index contributed by atoms with van der Waals surface area (Å²) in [5.74, 6) is 3.16. The molecular formula is C15H19NO3. The van der Waals surface area contributed by atoms with Crippen LogP contribution in [0.15, 0.2) is 18.2 Å². The van der Waals surface area contributed by atoms with Crippen LogP contribution in [0, 0.1) is 12.3 Å². The Kier molecular flexibility index (Phi) is 5.74. The van der Waals surface area contributed by atoms with Crippen LogP contribution in [0.25, 0.3) is 0 Å². The summed E-state index contributed by atoms with van der Waals surface area (Å²) in [6.07, 6.45) is 4.85. The van der Waals surface area contributed by atoms with E-state index in [-0.39, 0.29) is 0 Å². The number of terminal acetylenes is 1. The fraction of sp³-hybridized carbons (Fsp3) is 0.400. The first-order valence-corrected chi connectivity index (χ1v) is 6.30. The minimum absolute atomic E-state index is 0.548. The minimum atomic E-state index is -0.559. The van der Waals surface area contributed by atoms with Crippen molar-refractivity contribution in [1.29, 1.82) is 0 Å². The van der Waals surface area contributed by atoms with Crippen molar-refractivity contribution in [3.05, 3.63) is 23.8 Å². The normalized spacial score (nSPS) is 11.3. The van der Waals surface area contributed by atoms with Gasteiger partial charge < -0.3 is 9.47 Å². The summed E-state index contributed by atoms with van der Waals surface area (Å²) in [4.78, 5) is 11.5. The molecule has 1 aromatic rings. The molecular weight excluding hydrogens is 242 g/mol. The van der Waals surface area contributed by atoms with Crippen molar-refractivity contribution in [1.82, 2.24) is 0 Å². The van der Waals surface area contributed by atoms with Crippen molar-refractivity contribution in [3.63, 3.8) is 0 Å². The second kappa shape index (κ2) is 7.32. The molecule has 0 aliphatic heterocycles. The van der Waals surface area contributed by atoms with Gasteiger partial charge in [-0.05, 0) is 44.0 Å². The van der Waals surface area contributed by atoms with Crippen molar-refractivity contribution >= 4 is 11.8 Å². The van der Waals surface area contributed by atoms with Gasteiger partial charge in [-0.2, -0.15) is 0 Å². The van der Waals surface area contributed by atoms with Crippen LogP contribution < -0.4 is 10.1 Å². The number of benzene rings is 1. The number of nitrogens with one attached hydrogen (secondary N) is 1. The first kappa shape index (κ1) is 14.9. The zero-order chi connectivity index (χ0) is 14.3. The summed E-state index contributed by atoms with van der Waals surface area (Å²) in [6, 6.07) is 5.47. The molecule has 4 nitrogen and oxygen atoms in total. The maximum atomic E-state index is 11.5. The van der Waals surface area contributed by atoms with E-state index >= 15 is 0 Å². The van der Waals surface area contributed by atoms with Gasteiger partial charge in [0.15, 0.2) is 6.10 Å². The molecule has 0 heterocycles. The maximum Gasteiger partial charge on any atom is 0.412 e. The molecule has 0 aliphatic carbocycles. The number of anilines is 1. The molecule has 0 saturated heterocycles. The molecule has 4 heteroatoms. The van der Waals surface area contributed by atoms with Crippen LogP contribution in [0.5, 0.6) is 5.75 Å². The Labute approximate surface area is 114 Å². The highest BCUT2D eigenvalue weighted by Gasteiger charge is 2.09. The van der Waals surface area contributed by atoms with Crippen molar-refractivity contribution in [3.8, 4) is 18.1 Å². The first-order chi connectivity index (χ1) is 9.10. The largest absolute Gasteiger partial charge is 0.494 e. The number of carbonyl (C=O) groups excluding carboxylic acids is 1. The van der Waals surface area contributed by atoms with Gasteiger partial charge in [-0.25, -0.2) is 4.79 Å². The van der Waals surface area contributed by atoms with Crippen LogP contribution >= 0.6 is 0 Å². The number of amides is 1. The highest BCUT2D eigenvalue weighted by molar-refractivity contribution is 5.85. The molecule has 0 saturated carbocycles. The van der Waals surface area contributed by atoms with Crippen LogP contribution in [0.1, 0.15) is 26.3 Å². The number of hydrogen-bond acceptors (Lipinski definition) is 3.